The number of hydrogen-bond acceptors (Lipinski definition) is 5. The monoisotopic (exact) mass is 700 g/mol. The number of nitrogens with one attached hydrogen (secondary N) is 2. The van der Waals surface area contributed by atoms with Crippen molar-refractivity contribution in [2.45, 2.75) is 91.9 Å². The zero-order valence-corrected chi connectivity index (χ0v) is 31.9. The number of hydrogen-bond donors (Lipinski definition) is 3. The highest BCUT2D eigenvalue weighted by molar-refractivity contribution is 9.10. The molecule has 45 heavy (non-hydrogen) atoms. The summed E-state index contributed by atoms with van der Waals surface area (Å²) in [7, 11) is 9.83. The number of amides is 1. The maximum atomic E-state index is 13.2. The summed E-state index contributed by atoms with van der Waals surface area (Å²) in [6.45, 7) is 19.4. The van der Waals surface area contributed by atoms with Gasteiger partial charge in [0.25, 0.3) is 0 Å². The third kappa shape index (κ3) is 57.9. The van der Waals surface area contributed by atoms with E-state index >= 15 is 0 Å². The number of carbonyl (C=O) groups is 2. The van der Waals surface area contributed by atoms with Crippen LogP contribution < -0.4 is 16.4 Å². The average Bonchev–Trinajstić information content (AvgIpc) is 3.88. The minimum absolute atomic E-state index is 0.171. The number of carbonyl (C=O) groups excluding carboxylic acids is 2. The van der Waals surface area contributed by atoms with Crippen molar-refractivity contribution in [1.82, 2.24) is 15.5 Å². The molecular weight excluding hydrogens is 631 g/mol. The minimum Gasteiger partial charge on any atom is -0.394 e. The fourth-order valence-corrected chi connectivity index (χ4v) is 3.42. The number of nitrogens with two attached hydrogens (primary N) is 1. The molecule has 1 aromatic rings. The molecule has 6 nitrogen and oxygen atoms in total. The van der Waals surface area contributed by atoms with E-state index in [0.29, 0.717) is 11.8 Å². The van der Waals surface area contributed by atoms with Crippen LogP contribution in [0.5, 0.6) is 0 Å². The molecule has 0 unspecified atom stereocenters. The first-order valence-electron chi connectivity index (χ1n) is 16.1. The molecule has 0 bridgehead atoms. The van der Waals surface area contributed by atoms with E-state index in [1.807, 2.05) is 34.0 Å². The molecule has 2 rings (SSSR count). The molecule has 264 valence electrons. The quantitative estimate of drug-likeness (QED) is 0.102. The van der Waals surface area contributed by atoms with E-state index in [2.05, 4.69) is 104 Å². The molecule has 0 radical (unpaired) electrons. The lowest BCUT2D eigenvalue weighted by Gasteiger charge is -2.15. The van der Waals surface area contributed by atoms with Crippen LogP contribution >= 0.6 is 15.9 Å². The second-order valence-electron chi connectivity index (χ2n) is 11.5. The summed E-state index contributed by atoms with van der Waals surface area (Å²) in [6.07, 6.45) is 21.3. The zero-order chi connectivity index (χ0) is 35.9. The predicted octanol–water partition coefficient (Wildman–Crippen LogP) is 8.96. The highest BCUT2D eigenvalue weighted by Crippen LogP contribution is 2.24. The third-order valence-corrected chi connectivity index (χ3v) is 6.27. The second-order valence-corrected chi connectivity index (χ2v) is 12.4. The standard InChI is InChI=1S/C15H20BrF.C12H25N.C3H7N.C3H6.C2H7N.CH3NO.CH2O/c1-4-12(6-5-11(2)3)9-13-10-14(17)7-8-15(13)16;1-12(2)10-8-6-5-7-9-11-13(3)4;1-3-4-2;1-2-3-1;1-3-2;2-1-3;1-2/h4,7-8,10-12H,1,5-6,9H2,2-3H3;6,8,12H,5,7,9-11H2,1-4H3;3-4H,1H2,2H3;1-3H2;3H,1-2H3;1H,(H2,2,3);1H2/b;8-6+;;;;;/t12-;;;;;;/m0....../s1. The molecule has 0 saturated heterocycles. The molecule has 0 aromatic heterocycles. The van der Waals surface area contributed by atoms with Gasteiger partial charge in [0.15, 0.2) is 0 Å². The molecular formula is C37H70BrFN4O2. The lowest BCUT2D eigenvalue weighted by Crippen LogP contribution is -2.12. The number of primary amides is 1. The summed E-state index contributed by atoms with van der Waals surface area (Å²) in [5.41, 5.74) is 5.19. The van der Waals surface area contributed by atoms with Crippen molar-refractivity contribution in [3.8, 4) is 0 Å². The van der Waals surface area contributed by atoms with Gasteiger partial charge in [0.1, 0.15) is 12.6 Å². The molecule has 8 heteroatoms. The number of benzene rings is 1. The van der Waals surface area contributed by atoms with E-state index in [-0.39, 0.29) is 12.2 Å². The van der Waals surface area contributed by atoms with E-state index in [1.165, 1.54) is 64.0 Å². The Hall–Kier alpha value is -2.29. The van der Waals surface area contributed by atoms with Gasteiger partial charge in [0.2, 0.25) is 6.41 Å². The van der Waals surface area contributed by atoms with Crippen LogP contribution in [0.1, 0.15) is 91.0 Å². The van der Waals surface area contributed by atoms with Crippen molar-refractivity contribution in [2.75, 3.05) is 41.8 Å². The minimum atomic E-state index is -0.171. The Balaban J connectivity index is -0.000000166. The summed E-state index contributed by atoms with van der Waals surface area (Å²) in [6, 6.07) is 4.85. The van der Waals surface area contributed by atoms with E-state index in [0.717, 1.165) is 28.8 Å². The predicted molar refractivity (Wildman–Crippen MR) is 202 cm³/mol. The van der Waals surface area contributed by atoms with Crippen LogP contribution in [0.25, 0.3) is 0 Å². The maximum absolute atomic E-state index is 13.2. The Morgan fingerprint density at radius 1 is 0.978 bits per heavy atom. The fourth-order valence-electron chi connectivity index (χ4n) is 3.01. The number of unbranched alkanes of at least 4 members (excludes halogenated alkanes) is 2. The molecule has 0 spiro atoms. The Bertz CT molecular complexity index is 785. The van der Waals surface area contributed by atoms with Crippen molar-refractivity contribution in [2.24, 2.45) is 23.5 Å². The van der Waals surface area contributed by atoms with Gasteiger partial charge in [-0.15, -0.1) is 6.58 Å². The molecule has 1 atom stereocenters. The fraction of sp³-hybridized carbons (Fsp3) is 0.622. The normalized spacial score (nSPS) is 11.2. The van der Waals surface area contributed by atoms with Gasteiger partial charge < -0.3 is 26.1 Å². The summed E-state index contributed by atoms with van der Waals surface area (Å²) in [4.78, 5) is 18.8. The zero-order valence-electron chi connectivity index (χ0n) is 30.3. The van der Waals surface area contributed by atoms with Crippen molar-refractivity contribution in [3.63, 3.8) is 0 Å². The van der Waals surface area contributed by atoms with Crippen LogP contribution in [0.15, 0.2) is 60.3 Å². The van der Waals surface area contributed by atoms with E-state index in [9.17, 15) is 4.39 Å². The van der Waals surface area contributed by atoms with E-state index in [4.69, 9.17) is 9.59 Å². The van der Waals surface area contributed by atoms with Crippen LogP contribution in [0.2, 0.25) is 0 Å². The van der Waals surface area contributed by atoms with Gasteiger partial charge in [-0.25, -0.2) is 4.39 Å². The van der Waals surface area contributed by atoms with Gasteiger partial charge in [-0.3, -0.25) is 4.79 Å². The molecule has 0 heterocycles. The average molecular weight is 702 g/mol. The van der Waals surface area contributed by atoms with Gasteiger partial charge in [-0.05, 0) is 121 Å². The summed E-state index contributed by atoms with van der Waals surface area (Å²) >= 11 is 3.47. The first kappa shape index (κ1) is 52.3. The topological polar surface area (TPSA) is 87.5 Å². The highest BCUT2D eigenvalue weighted by atomic mass is 79.9. The van der Waals surface area contributed by atoms with Gasteiger partial charge >= 0.3 is 0 Å². The van der Waals surface area contributed by atoms with Gasteiger partial charge in [-0.2, -0.15) is 0 Å². The summed E-state index contributed by atoms with van der Waals surface area (Å²) in [5.74, 6) is 1.76. The molecule has 1 saturated carbocycles. The molecule has 1 aliphatic carbocycles. The van der Waals surface area contributed by atoms with Crippen LogP contribution in [0.3, 0.4) is 0 Å². The van der Waals surface area contributed by atoms with Crippen LogP contribution in [0.4, 0.5) is 4.39 Å². The molecule has 1 aliphatic rings. The first-order chi connectivity index (χ1) is 21.4. The van der Waals surface area contributed by atoms with Crippen molar-refractivity contribution in [1.29, 1.82) is 0 Å². The maximum Gasteiger partial charge on any atom is 0.204 e. The van der Waals surface area contributed by atoms with Crippen LogP contribution in [-0.2, 0) is 16.0 Å². The summed E-state index contributed by atoms with van der Waals surface area (Å²) < 4.78 is 14.2. The largest absolute Gasteiger partial charge is 0.394 e. The molecule has 0 aliphatic heterocycles. The van der Waals surface area contributed by atoms with Crippen LogP contribution in [0, 0.1) is 23.6 Å². The molecule has 1 amide bonds. The molecule has 4 N–H and O–H groups in total. The van der Waals surface area contributed by atoms with E-state index < -0.39 is 0 Å². The Kier molecular flexibility index (Phi) is 50.9. The van der Waals surface area contributed by atoms with Gasteiger partial charge in [0, 0.05) is 11.5 Å². The molecule has 1 aromatic carbocycles. The Morgan fingerprint density at radius 2 is 1.49 bits per heavy atom. The van der Waals surface area contributed by atoms with Gasteiger partial charge in [0.05, 0.1) is 0 Å². The third-order valence-electron chi connectivity index (χ3n) is 5.50. The molecule has 1 fully saturated rings. The van der Waals surface area contributed by atoms with E-state index in [1.54, 1.807) is 18.3 Å². The Morgan fingerprint density at radius 3 is 1.87 bits per heavy atom. The number of halogens is 2. The highest BCUT2D eigenvalue weighted by Gasteiger charge is 2.10. The number of nitrogens with zero attached hydrogens (tertiary/aromatic N) is 1. The Labute approximate surface area is 286 Å². The number of allylic oxidation sites excluding steroid dienone is 3. The van der Waals surface area contributed by atoms with Crippen molar-refractivity contribution in [3.05, 3.63) is 71.6 Å². The second kappa shape index (κ2) is 43.8. The smallest absolute Gasteiger partial charge is 0.204 e. The van der Waals surface area contributed by atoms with Crippen molar-refractivity contribution < 1.29 is 14.0 Å². The lowest BCUT2D eigenvalue weighted by atomic mass is 9.92. The van der Waals surface area contributed by atoms with Crippen molar-refractivity contribution >= 4 is 29.1 Å². The lowest BCUT2D eigenvalue weighted by molar-refractivity contribution is -0.107. The first-order valence-corrected chi connectivity index (χ1v) is 16.9. The SMILES string of the molecule is C1CC1.C=CNC.C=C[C@@H](CCC(C)C)Cc1cc(F)ccc1Br.C=O.CC(C)C/C=C/CCCCN(C)C.CNC.NC=O. The van der Waals surface area contributed by atoms with Gasteiger partial charge in [-0.1, -0.05) is 94.1 Å². The summed E-state index contributed by atoms with van der Waals surface area (Å²) in [5, 5.41) is 5.44. The van der Waals surface area contributed by atoms with Crippen LogP contribution in [-0.4, -0.2) is 59.9 Å². The number of rotatable bonds is 14.